The minimum absolute atomic E-state index is 0.111. The Kier molecular flexibility index (Phi) is 4.41. The molecule has 0 bridgehead atoms. The van der Waals surface area contributed by atoms with E-state index in [1.807, 2.05) is 0 Å². The van der Waals surface area contributed by atoms with Gasteiger partial charge in [0, 0.05) is 5.56 Å². The molecule has 0 spiro atoms. The van der Waals surface area contributed by atoms with Crippen LogP contribution in [0.15, 0.2) is 41.7 Å². The number of aromatic nitrogens is 2. The van der Waals surface area contributed by atoms with Crippen molar-refractivity contribution in [2.24, 2.45) is 10.9 Å². The Labute approximate surface area is 122 Å². The average molecular weight is 307 g/mol. The second-order valence-electron chi connectivity index (χ2n) is 4.08. The van der Waals surface area contributed by atoms with Crippen LogP contribution in [0.2, 0.25) is 0 Å². The predicted molar refractivity (Wildman–Crippen MR) is 72.1 cm³/mol. The van der Waals surface area contributed by atoms with Crippen LogP contribution in [0.4, 0.5) is 10.2 Å². The summed E-state index contributed by atoms with van der Waals surface area (Å²) in [5, 5.41) is 17.4. The van der Waals surface area contributed by atoms with Gasteiger partial charge in [-0.1, -0.05) is 5.16 Å². The first-order valence-electron chi connectivity index (χ1n) is 5.93. The van der Waals surface area contributed by atoms with Crippen molar-refractivity contribution in [3.63, 3.8) is 0 Å². The molecule has 2 rings (SSSR count). The van der Waals surface area contributed by atoms with Crippen molar-refractivity contribution in [1.82, 2.24) is 9.78 Å². The van der Waals surface area contributed by atoms with Gasteiger partial charge in [-0.25, -0.2) is 9.18 Å². The molecule has 0 aliphatic heterocycles. The number of carbonyl (C=O) groups excluding carboxylic acids is 1. The Morgan fingerprint density at radius 1 is 1.41 bits per heavy atom. The summed E-state index contributed by atoms with van der Waals surface area (Å²) in [4.78, 5) is 25.8. The molecule has 10 heteroatoms. The maximum Gasteiger partial charge on any atom is 0.389 e. The Bertz CT molecular complexity index is 725. The van der Waals surface area contributed by atoms with Crippen LogP contribution in [0.1, 0.15) is 5.56 Å². The van der Waals surface area contributed by atoms with Crippen LogP contribution in [0.3, 0.4) is 0 Å². The predicted octanol–water partition coefficient (Wildman–Crippen LogP) is 0.794. The highest BCUT2D eigenvalue weighted by atomic mass is 19.1. The standard InChI is InChI=1S/C12H10FN5O4/c13-9-3-1-8(2-4-9)12(14)16-22-11(19)7-17-6-5-10(15-17)18(20)21/h1-6H,7H2,(H2,14,16). The maximum atomic E-state index is 12.7. The fourth-order valence-electron chi connectivity index (χ4n) is 1.47. The summed E-state index contributed by atoms with van der Waals surface area (Å²) < 4.78 is 13.8. The number of nitrogens with zero attached hydrogens (tertiary/aromatic N) is 4. The lowest BCUT2D eigenvalue weighted by Crippen LogP contribution is -2.17. The van der Waals surface area contributed by atoms with Gasteiger partial charge in [0.2, 0.25) is 0 Å². The molecule has 114 valence electrons. The van der Waals surface area contributed by atoms with E-state index < -0.39 is 16.7 Å². The quantitative estimate of drug-likeness (QED) is 0.286. The third kappa shape index (κ3) is 3.85. The summed E-state index contributed by atoms with van der Waals surface area (Å²) in [6.07, 6.45) is 1.26. The van der Waals surface area contributed by atoms with Gasteiger partial charge < -0.3 is 20.7 Å². The molecule has 0 saturated carbocycles. The topological polar surface area (TPSA) is 126 Å². The average Bonchev–Trinajstić information content (AvgIpc) is 2.94. The van der Waals surface area contributed by atoms with Gasteiger partial charge in [-0.05, 0) is 29.2 Å². The monoisotopic (exact) mass is 307 g/mol. The van der Waals surface area contributed by atoms with Crippen LogP contribution in [-0.2, 0) is 16.2 Å². The molecular formula is C12H10FN5O4. The largest absolute Gasteiger partial charge is 0.389 e. The van der Waals surface area contributed by atoms with E-state index in [0.717, 1.165) is 10.7 Å². The molecule has 1 aromatic heterocycles. The molecule has 0 saturated heterocycles. The summed E-state index contributed by atoms with van der Waals surface area (Å²) in [6, 6.07) is 6.26. The van der Waals surface area contributed by atoms with Gasteiger partial charge in [0.05, 0.1) is 17.4 Å². The minimum Gasteiger partial charge on any atom is -0.380 e. The molecule has 0 aliphatic carbocycles. The Morgan fingerprint density at radius 2 is 2.09 bits per heavy atom. The SMILES string of the molecule is N/C(=N\OC(=O)Cn1ccc([N+](=O)[O-])n1)c1ccc(F)cc1. The van der Waals surface area contributed by atoms with Crippen molar-refractivity contribution in [2.75, 3.05) is 0 Å². The summed E-state index contributed by atoms with van der Waals surface area (Å²) >= 11 is 0. The van der Waals surface area contributed by atoms with Crippen molar-refractivity contribution in [1.29, 1.82) is 0 Å². The highest BCUT2D eigenvalue weighted by Crippen LogP contribution is 2.05. The number of halogens is 1. The molecule has 0 amide bonds. The number of amidine groups is 1. The smallest absolute Gasteiger partial charge is 0.380 e. The van der Waals surface area contributed by atoms with Crippen LogP contribution >= 0.6 is 0 Å². The van der Waals surface area contributed by atoms with Gasteiger partial charge in [-0.15, -0.1) is 0 Å². The number of carbonyl (C=O) groups is 1. The first-order valence-corrected chi connectivity index (χ1v) is 5.93. The highest BCUT2D eigenvalue weighted by molar-refractivity contribution is 5.97. The zero-order valence-electron chi connectivity index (χ0n) is 11.0. The zero-order valence-corrected chi connectivity index (χ0v) is 11.0. The van der Waals surface area contributed by atoms with E-state index in [1.54, 1.807) is 0 Å². The zero-order chi connectivity index (χ0) is 16.1. The van der Waals surface area contributed by atoms with E-state index >= 15 is 0 Å². The van der Waals surface area contributed by atoms with Crippen molar-refractivity contribution < 1.29 is 18.9 Å². The second-order valence-corrected chi connectivity index (χ2v) is 4.08. The molecule has 9 nitrogen and oxygen atoms in total. The lowest BCUT2D eigenvalue weighted by Gasteiger charge is -2.00. The Hall–Kier alpha value is -3.30. The third-order valence-electron chi connectivity index (χ3n) is 2.49. The fourth-order valence-corrected chi connectivity index (χ4v) is 1.47. The number of nitrogens with two attached hydrogens (primary N) is 1. The molecule has 22 heavy (non-hydrogen) atoms. The third-order valence-corrected chi connectivity index (χ3v) is 2.49. The summed E-state index contributed by atoms with van der Waals surface area (Å²) in [5.41, 5.74) is 5.95. The van der Waals surface area contributed by atoms with Crippen molar-refractivity contribution >= 4 is 17.6 Å². The van der Waals surface area contributed by atoms with Gasteiger partial charge in [0.15, 0.2) is 12.4 Å². The van der Waals surface area contributed by atoms with E-state index in [9.17, 15) is 19.3 Å². The number of rotatable bonds is 5. The van der Waals surface area contributed by atoms with Crippen molar-refractivity contribution in [3.8, 4) is 0 Å². The normalized spacial score (nSPS) is 11.2. The first-order chi connectivity index (χ1) is 10.5. The maximum absolute atomic E-state index is 12.7. The summed E-state index contributed by atoms with van der Waals surface area (Å²) in [7, 11) is 0. The Balaban J connectivity index is 1.95. The number of nitro groups is 1. The van der Waals surface area contributed by atoms with Gasteiger partial charge in [0.1, 0.15) is 5.82 Å². The van der Waals surface area contributed by atoms with E-state index in [-0.39, 0.29) is 18.2 Å². The molecule has 0 fully saturated rings. The van der Waals surface area contributed by atoms with Crippen LogP contribution in [-0.4, -0.2) is 26.5 Å². The summed E-state index contributed by atoms with van der Waals surface area (Å²) in [6.45, 7) is -0.367. The number of hydrogen-bond donors (Lipinski definition) is 1. The molecule has 1 heterocycles. The number of benzene rings is 1. The lowest BCUT2D eigenvalue weighted by atomic mass is 10.2. The molecular weight excluding hydrogens is 297 g/mol. The van der Waals surface area contributed by atoms with E-state index in [0.29, 0.717) is 5.56 Å². The highest BCUT2D eigenvalue weighted by Gasteiger charge is 2.14. The fraction of sp³-hybridized carbons (Fsp3) is 0.0833. The van der Waals surface area contributed by atoms with Gasteiger partial charge in [-0.3, -0.25) is 0 Å². The lowest BCUT2D eigenvalue weighted by molar-refractivity contribution is -0.389. The molecule has 1 aromatic carbocycles. The van der Waals surface area contributed by atoms with Crippen LogP contribution in [0, 0.1) is 15.9 Å². The Morgan fingerprint density at radius 3 is 2.68 bits per heavy atom. The first kappa shape index (κ1) is 15.1. The molecule has 2 aromatic rings. The van der Waals surface area contributed by atoms with Crippen LogP contribution in [0.5, 0.6) is 0 Å². The molecule has 0 unspecified atom stereocenters. The van der Waals surface area contributed by atoms with Crippen LogP contribution in [0.25, 0.3) is 0 Å². The van der Waals surface area contributed by atoms with Gasteiger partial charge in [0.25, 0.3) is 0 Å². The summed E-state index contributed by atoms with van der Waals surface area (Å²) in [5.74, 6) is -1.75. The molecule has 2 N–H and O–H groups in total. The number of hydrogen-bond acceptors (Lipinski definition) is 6. The second kappa shape index (κ2) is 6.43. The molecule has 0 aliphatic rings. The number of oxime groups is 1. The van der Waals surface area contributed by atoms with Crippen molar-refractivity contribution in [3.05, 3.63) is 58.0 Å². The van der Waals surface area contributed by atoms with E-state index in [2.05, 4.69) is 15.1 Å². The van der Waals surface area contributed by atoms with E-state index in [4.69, 9.17) is 5.73 Å². The molecule has 0 atom stereocenters. The van der Waals surface area contributed by atoms with Gasteiger partial charge in [-0.2, -0.15) is 4.68 Å². The minimum atomic E-state index is -0.817. The van der Waals surface area contributed by atoms with Gasteiger partial charge >= 0.3 is 11.8 Å². The van der Waals surface area contributed by atoms with Crippen LogP contribution < -0.4 is 5.73 Å². The van der Waals surface area contributed by atoms with Crippen molar-refractivity contribution in [2.45, 2.75) is 6.54 Å². The molecule has 0 radical (unpaired) electrons. The van der Waals surface area contributed by atoms with E-state index in [1.165, 1.54) is 30.5 Å².